The molecule has 0 atom stereocenters. The van der Waals surface area contributed by atoms with Crippen LogP contribution in [-0.4, -0.2) is 21.7 Å². The molecule has 0 fully saturated rings. The Labute approximate surface area is 146 Å². The van der Waals surface area contributed by atoms with Crippen molar-refractivity contribution in [3.63, 3.8) is 0 Å². The van der Waals surface area contributed by atoms with Gasteiger partial charge in [-0.1, -0.05) is 54.2 Å². The first-order valence-electron chi connectivity index (χ1n) is 7.32. The van der Waals surface area contributed by atoms with Gasteiger partial charge in [0.1, 0.15) is 0 Å². The summed E-state index contributed by atoms with van der Waals surface area (Å²) in [4.78, 5) is 13.3. The van der Waals surface area contributed by atoms with E-state index in [1.165, 1.54) is 23.1 Å². The van der Waals surface area contributed by atoms with Gasteiger partial charge in [0.05, 0.1) is 10.6 Å². The van der Waals surface area contributed by atoms with Crippen LogP contribution in [0.15, 0.2) is 69.6 Å². The van der Waals surface area contributed by atoms with Gasteiger partial charge < -0.3 is 4.42 Å². The Morgan fingerprint density at radius 3 is 2.75 bits per heavy atom. The highest BCUT2D eigenvalue weighted by molar-refractivity contribution is 7.99. The van der Waals surface area contributed by atoms with E-state index in [0.29, 0.717) is 16.7 Å². The lowest BCUT2D eigenvalue weighted by Crippen LogP contribution is -2.02. The van der Waals surface area contributed by atoms with E-state index in [-0.39, 0.29) is 11.5 Å². The number of carbonyl (C=O) groups is 1. The molecular formula is C18H12N2O2S2. The molecule has 0 amide bonds. The summed E-state index contributed by atoms with van der Waals surface area (Å²) in [6.07, 6.45) is 0. The summed E-state index contributed by atoms with van der Waals surface area (Å²) in [5.74, 6) is 0.803. The fraction of sp³-hybridized carbons (Fsp3) is 0.0556. The van der Waals surface area contributed by atoms with Crippen LogP contribution in [0.5, 0.6) is 0 Å². The highest BCUT2D eigenvalue weighted by Gasteiger charge is 2.13. The van der Waals surface area contributed by atoms with Gasteiger partial charge in [-0.2, -0.15) is 0 Å². The second-order valence-corrected chi connectivity index (χ2v) is 7.00. The monoisotopic (exact) mass is 352 g/mol. The summed E-state index contributed by atoms with van der Waals surface area (Å²) in [7, 11) is 0. The molecule has 2 aromatic heterocycles. The van der Waals surface area contributed by atoms with Crippen molar-refractivity contribution >= 4 is 39.7 Å². The minimum absolute atomic E-state index is 0.0432. The lowest BCUT2D eigenvalue weighted by atomic mass is 10.1. The maximum atomic E-state index is 12.4. The SMILES string of the molecule is O=C(CSc1nnc(-c2cccs2)o1)c1ccc2ccccc2c1. The largest absolute Gasteiger partial charge is 0.410 e. The minimum Gasteiger partial charge on any atom is -0.410 e. The molecule has 0 N–H and O–H groups in total. The highest BCUT2D eigenvalue weighted by atomic mass is 32.2. The number of rotatable bonds is 5. The van der Waals surface area contributed by atoms with Crippen molar-refractivity contribution in [1.29, 1.82) is 0 Å². The molecule has 4 aromatic rings. The van der Waals surface area contributed by atoms with Gasteiger partial charge in [0.2, 0.25) is 0 Å². The maximum Gasteiger partial charge on any atom is 0.277 e. The van der Waals surface area contributed by atoms with Gasteiger partial charge in [0, 0.05) is 5.56 Å². The molecule has 0 bridgehead atoms. The van der Waals surface area contributed by atoms with Gasteiger partial charge in [0.25, 0.3) is 11.1 Å². The number of nitrogens with zero attached hydrogens (tertiary/aromatic N) is 2. The normalized spacial score (nSPS) is 11.0. The predicted molar refractivity (Wildman–Crippen MR) is 96.6 cm³/mol. The van der Waals surface area contributed by atoms with Gasteiger partial charge in [-0.3, -0.25) is 4.79 Å². The van der Waals surface area contributed by atoms with E-state index in [1.807, 2.05) is 60.0 Å². The molecule has 0 aliphatic heterocycles. The van der Waals surface area contributed by atoms with E-state index in [0.717, 1.165) is 15.6 Å². The Morgan fingerprint density at radius 1 is 1.04 bits per heavy atom. The number of hydrogen-bond donors (Lipinski definition) is 0. The van der Waals surface area contributed by atoms with E-state index in [9.17, 15) is 4.79 Å². The number of fused-ring (bicyclic) bond motifs is 1. The van der Waals surface area contributed by atoms with Crippen molar-refractivity contribution in [2.24, 2.45) is 0 Å². The van der Waals surface area contributed by atoms with E-state index in [2.05, 4.69) is 10.2 Å². The fourth-order valence-electron chi connectivity index (χ4n) is 2.34. The van der Waals surface area contributed by atoms with E-state index >= 15 is 0 Å². The van der Waals surface area contributed by atoms with Crippen LogP contribution >= 0.6 is 23.1 Å². The van der Waals surface area contributed by atoms with Gasteiger partial charge in [0.15, 0.2) is 5.78 Å². The first kappa shape index (κ1) is 15.1. The number of thioether (sulfide) groups is 1. The molecular weight excluding hydrogens is 340 g/mol. The smallest absolute Gasteiger partial charge is 0.277 e. The zero-order valence-electron chi connectivity index (χ0n) is 12.5. The molecule has 24 heavy (non-hydrogen) atoms. The Morgan fingerprint density at radius 2 is 1.92 bits per heavy atom. The van der Waals surface area contributed by atoms with Crippen LogP contribution in [0.1, 0.15) is 10.4 Å². The molecule has 118 valence electrons. The molecule has 0 radical (unpaired) electrons. The second kappa shape index (κ2) is 6.59. The number of aromatic nitrogens is 2. The van der Waals surface area contributed by atoms with Crippen LogP contribution in [0.4, 0.5) is 0 Å². The molecule has 0 saturated heterocycles. The first-order chi connectivity index (χ1) is 11.8. The van der Waals surface area contributed by atoms with E-state index in [4.69, 9.17) is 4.42 Å². The van der Waals surface area contributed by atoms with E-state index < -0.39 is 0 Å². The van der Waals surface area contributed by atoms with Gasteiger partial charge in [-0.15, -0.1) is 21.5 Å². The van der Waals surface area contributed by atoms with Crippen molar-refractivity contribution < 1.29 is 9.21 Å². The third kappa shape index (κ3) is 3.11. The Balaban J connectivity index is 1.46. The molecule has 0 saturated carbocycles. The molecule has 0 unspecified atom stereocenters. The maximum absolute atomic E-state index is 12.4. The number of thiophene rings is 1. The summed E-state index contributed by atoms with van der Waals surface area (Å²) in [6.45, 7) is 0. The van der Waals surface area contributed by atoms with Crippen LogP contribution in [0.3, 0.4) is 0 Å². The van der Waals surface area contributed by atoms with Crippen molar-refractivity contribution in [3.05, 3.63) is 65.5 Å². The number of ketones is 1. The number of Topliss-reactive ketones (excluding diaryl/α,β-unsaturated/α-hetero) is 1. The summed E-state index contributed by atoms with van der Waals surface area (Å²) in [6, 6.07) is 17.6. The molecule has 0 aliphatic rings. The zero-order chi connectivity index (χ0) is 16.4. The quantitative estimate of drug-likeness (QED) is 0.377. The lowest BCUT2D eigenvalue weighted by Gasteiger charge is -2.02. The lowest BCUT2D eigenvalue weighted by molar-refractivity contribution is 0.102. The summed E-state index contributed by atoms with van der Waals surface area (Å²) in [5.41, 5.74) is 0.694. The van der Waals surface area contributed by atoms with Gasteiger partial charge >= 0.3 is 0 Å². The Bertz CT molecular complexity index is 993. The Hall–Kier alpha value is -2.44. The number of carbonyl (C=O) groups excluding carboxylic acids is 1. The number of benzene rings is 2. The summed E-state index contributed by atoms with van der Waals surface area (Å²) >= 11 is 2.80. The van der Waals surface area contributed by atoms with Crippen LogP contribution in [0.2, 0.25) is 0 Å². The zero-order valence-corrected chi connectivity index (χ0v) is 14.1. The highest BCUT2D eigenvalue weighted by Crippen LogP contribution is 2.27. The third-order valence-electron chi connectivity index (χ3n) is 3.54. The van der Waals surface area contributed by atoms with Crippen molar-refractivity contribution in [3.8, 4) is 10.8 Å². The average Bonchev–Trinajstić information content (AvgIpc) is 3.30. The molecule has 0 aliphatic carbocycles. The van der Waals surface area contributed by atoms with Crippen LogP contribution < -0.4 is 0 Å². The van der Waals surface area contributed by atoms with Crippen molar-refractivity contribution in [2.45, 2.75) is 5.22 Å². The molecule has 4 rings (SSSR count). The fourth-order valence-corrected chi connectivity index (χ4v) is 3.64. The molecule has 2 heterocycles. The average molecular weight is 352 g/mol. The predicted octanol–water partition coefficient (Wildman–Crippen LogP) is 4.93. The summed E-state index contributed by atoms with van der Waals surface area (Å²) in [5, 5.41) is 12.5. The standard InChI is InChI=1S/C18H12N2O2S2/c21-15(14-8-7-12-4-1-2-5-13(12)10-14)11-24-18-20-19-17(22-18)16-6-3-9-23-16/h1-10H,11H2. The van der Waals surface area contributed by atoms with Crippen molar-refractivity contribution in [2.75, 3.05) is 5.75 Å². The molecule has 0 spiro atoms. The first-order valence-corrected chi connectivity index (χ1v) is 9.18. The van der Waals surface area contributed by atoms with Crippen LogP contribution in [0.25, 0.3) is 21.5 Å². The minimum atomic E-state index is 0.0432. The van der Waals surface area contributed by atoms with Crippen molar-refractivity contribution in [1.82, 2.24) is 10.2 Å². The van der Waals surface area contributed by atoms with Gasteiger partial charge in [-0.05, 0) is 28.3 Å². The molecule has 2 aromatic carbocycles. The molecule has 4 nitrogen and oxygen atoms in total. The summed E-state index contributed by atoms with van der Waals surface area (Å²) < 4.78 is 5.58. The van der Waals surface area contributed by atoms with E-state index in [1.54, 1.807) is 0 Å². The number of hydrogen-bond acceptors (Lipinski definition) is 6. The van der Waals surface area contributed by atoms with Crippen LogP contribution in [0, 0.1) is 0 Å². The van der Waals surface area contributed by atoms with Crippen LogP contribution in [-0.2, 0) is 0 Å². The Kier molecular flexibility index (Phi) is 4.15. The topological polar surface area (TPSA) is 56.0 Å². The van der Waals surface area contributed by atoms with Gasteiger partial charge in [-0.25, -0.2) is 0 Å². The molecule has 6 heteroatoms. The second-order valence-electron chi connectivity index (χ2n) is 5.12. The third-order valence-corrected chi connectivity index (χ3v) is 5.21.